The van der Waals surface area contributed by atoms with Gasteiger partial charge in [-0.3, -0.25) is 4.79 Å². The molecule has 9 N–H and O–H groups in total. The number of phenols is 4. The Hall–Kier alpha value is -4.24. The van der Waals surface area contributed by atoms with Crippen LogP contribution in [0.15, 0.2) is 33.5 Å². The second-order valence-electron chi connectivity index (χ2n) is 7.61. The van der Waals surface area contributed by atoms with E-state index in [4.69, 9.17) is 13.9 Å². The van der Waals surface area contributed by atoms with Crippen molar-refractivity contribution in [3.05, 3.63) is 34.5 Å². The molecule has 0 unspecified atom stereocenters. The maximum atomic E-state index is 12.8. The lowest BCUT2D eigenvalue weighted by molar-refractivity contribution is -0.271. The van der Waals surface area contributed by atoms with Gasteiger partial charge in [-0.25, -0.2) is 4.79 Å². The molecule has 1 aromatic heterocycles. The van der Waals surface area contributed by atoms with Gasteiger partial charge in [-0.15, -0.1) is 0 Å². The molecule has 1 aliphatic heterocycles. The molecule has 14 heteroatoms. The summed E-state index contributed by atoms with van der Waals surface area (Å²) >= 11 is 0. The Kier molecular flexibility index (Phi) is 5.82. The van der Waals surface area contributed by atoms with Crippen LogP contribution in [0.1, 0.15) is 0 Å². The van der Waals surface area contributed by atoms with Crippen molar-refractivity contribution in [3.8, 4) is 45.8 Å². The first-order valence-corrected chi connectivity index (χ1v) is 9.78. The van der Waals surface area contributed by atoms with E-state index < -0.39 is 93.3 Å². The summed E-state index contributed by atoms with van der Waals surface area (Å²) in [6.45, 7) is 0. The summed E-state index contributed by atoms with van der Waals surface area (Å²) < 4.78 is 15.8. The quantitative estimate of drug-likeness (QED) is 0.203. The number of ether oxygens (including phenoxy) is 2. The summed E-state index contributed by atoms with van der Waals surface area (Å²) in [7, 11) is 0. The monoisotopic (exact) mass is 494 g/mol. The van der Waals surface area contributed by atoms with E-state index in [0.717, 1.165) is 18.2 Å². The number of aromatic hydroxyl groups is 5. The molecule has 0 bridgehead atoms. The lowest BCUT2D eigenvalue weighted by atomic mass is 9.99. The summed E-state index contributed by atoms with van der Waals surface area (Å²) in [6.07, 6.45) is -10.2. The Morgan fingerprint density at radius 1 is 0.857 bits per heavy atom. The first kappa shape index (κ1) is 23.9. The summed E-state index contributed by atoms with van der Waals surface area (Å²) in [4.78, 5) is 24.1. The van der Waals surface area contributed by atoms with Crippen LogP contribution >= 0.6 is 0 Å². The predicted octanol–water partition coefficient (Wildman–Crippen LogP) is -0.741. The first-order valence-electron chi connectivity index (χ1n) is 9.78. The third-order valence-corrected chi connectivity index (χ3v) is 5.34. The number of rotatable bonds is 4. The van der Waals surface area contributed by atoms with Gasteiger partial charge in [0.1, 0.15) is 29.4 Å². The van der Waals surface area contributed by atoms with Gasteiger partial charge in [0.15, 0.2) is 34.7 Å². The number of hydrogen-bond donors (Lipinski definition) is 9. The van der Waals surface area contributed by atoms with Crippen molar-refractivity contribution in [2.75, 3.05) is 0 Å². The van der Waals surface area contributed by atoms with Crippen LogP contribution in [-0.2, 0) is 9.53 Å². The highest BCUT2D eigenvalue weighted by molar-refractivity contribution is 5.93. The highest BCUT2D eigenvalue weighted by atomic mass is 16.7. The summed E-state index contributed by atoms with van der Waals surface area (Å²) in [5, 5.41) is 88.7. The fourth-order valence-electron chi connectivity index (χ4n) is 3.54. The maximum absolute atomic E-state index is 12.8. The lowest BCUT2D eigenvalue weighted by Crippen LogP contribution is -2.61. The van der Waals surface area contributed by atoms with Crippen molar-refractivity contribution in [2.45, 2.75) is 30.7 Å². The minimum Gasteiger partial charge on any atom is -0.507 e. The Morgan fingerprint density at radius 3 is 2.17 bits per heavy atom. The third-order valence-electron chi connectivity index (χ3n) is 5.34. The summed E-state index contributed by atoms with van der Waals surface area (Å²) in [5.74, 6) is -6.97. The number of aliphatic hydroxyl groups excluding tert-OH is 3. The second kappa shape index (κ2) is 8.52. The molecule has 35 heavy (non-hydrogen) atoms. The van der Waals surface area contributed by atoms with Gasteiger partial charge in [-0.2, -0.15) is 0 Å². The van der Waals surface area contributed by atoms with Crippen LogP contribution in [0.2, 0.25) is 0 Å². The van der Waals surface area contributed by atoms with E-state index in [9.17, 15) is 55.5 Å². The first-order chi connectivity index (χ1) is 16.4. The van der Waals surface area contributed by atoms with Crippen molar-refractivity contribution in [1.82, 2.24) is 0 Å². The normalized spacial score (nSPS) is 24.4. The zero-order valence-corrected chi connectivity index (χ0v) is 17.3. The Labute approximate surface area is 193 Å². The molecule has 1 aliphatic rings. The average Bonchev–Trinajstić information content (AvgIpc) is 2.79. The second-order valence-corrected chi connectivity index (χ2v) is 7.61. The molecule has 0 aliphatic carbocycles. The minimum atomic E-state index is -2.05. The van der Waals surface area contributed by atoms with Crippen LogP contribution in [0.3, 0.4) is 0 Å². The molecule has 2 heterocycles. The standard InChI is InChI=1S/C21H18O14/c22-6-2-1-5(3-7(6)23)16-13(28)11(26)10-8(24)4-9(25)17(18(10)33-16)34-21-15(30)12(27)14(29)19(35-21)20(31)32/h1-4,12,14-15,19,21-25,27-30H,(H,31,32)/t12-,14-,15-,19+,21-/m1/s1. The van der Waals surface area contributed by atoms with E-state index in [1.807, 2.05) is 0 Å². The van der Waals surface area contributed by atoms with Crippen molar-refractivity contribution in [3.63, 3.8) is 0 Å². The lowest BCUT2D eigenvalue weighted by Gasteiger charge is -2.38. The molecular formula is C21H18O14. The smallest absolute Gasteiger partial charge is 0.335 e. The number of carboxylic acids is 1. The van der Waals surface area contributed by atoms with Crippen LogP contribution in [-0.4, -0.2) is 82.6 Å². The maximum Gasteiger partial charge on any atom is 0.335 e. The average molecular weight is 494 g/mol. The molecule has 0 saturated carbocycles. The fraction of sp³-hybridized carbons (Fsp3) is 0.238. The van der Waals surface area contributed by atoms with E-state index in [-0.39, 0.29) is 5.56 Å². The zero-order valence-electron chi connectivity index (χ0n) is 17.3. The molecule has 1 fully saturated rings. The molecule has 0 radical (unpaired) electrons. The predicted molar refractivity (Wildman–Crippen MR) is 111 cm³/mol. The number of aliphatic hydroxyl groups is 3. The number of phenolic OH excluding ortho intramolecular Hbond substituents is 4. The van der Waals surface area contributed by atoms with E-state index in [1.54, 1.807) is 0 Å². The van der Waals surface area contributed by atoms with E-state index >= 15 is 0 Å². The molecule has 0 amide bonds. The Balaban J connectivity index is 1.90. The van der Waals surface area contributed by atoms with Gasteiger partial charge in [-0.1, -0.05) is 0 Å². The fourth-order valence-corrected chi connectivity index (χ4v) is 3.54. The minimum absolute atomic E-state index is 0.121. The molecule has 0 spiro atoms. The molecular weight excluding hydrogens is 476 g/mol. The summed E-state index contributed by atoms with van der Waals surface area (Å²) in [6, 6.07) is 3.75. The number of carbonyl (C=O) groups is 1. The highest BCUT2D eigenvalue weighted by Gasteiger charge is 2.48. The number of carboxylic acid groups (broad SMARTS) is 1. The van der Waals surface area contributed by atoms with Crippen molar-refractivity contribution >= 4 is 16.9 Å². The van der Waals surface area contributed by atoms with Crippen LogP contribution in [0.4, 0.5) is 0 Å². The number of fused-ring (bicyclic) bond motifs is 1. The van der Waals surface area contributed by atoms with Crippen LogP contribution in [0, 0.1) is 0 Å². The van der Waals surface area contributed by atoms with Crippen LogP contribution in [0.25, 0.3) is 22.3 Å². The van der Waals surface area contributed by atoms with Gasteiger partial charge >= 0.3 is 5.97 Å². The van der Waals surface area contributed by atoms with Crippen LogP contribution in [0.5, 0.6) is 34.5 Å². The Morgan fingerprint density at radius 2 is 1.54 bits per heavy atom. The van der Waals surface area contributed by atoms with Gasteiger partial charge in [-0.05, 0) is 18.2 Å². The number of benzene rings is 2. The topological polar surface area (TPSA) is 248 Å². The van der Waals surface area contributed by atoms with Crippen molar-refractivity contribution < 1.29 is 64.6 Å². The van der Waals surface area contributed by atoms with Gasteiger partial charge in [0, 0.05) is 11.6 Å². The van der Waals surface area contributed by atoms with E-state index in [0.29, 0.717) is 6.07 Å². The Bertz CT molecular complexity index is 1380. The van der Waals surface area contributed by atoms with Gasteiger partial charge in [0.25, 0.3) is 0 Å². The van der Waals surface area contributed by atoms with Crippen molar-refractivity contribution in [2.24, 2.45) is 0 Å². The summed E-state index contributed by atoms with van der Waals surface area (Å²) in [5.41, 5.74) is -2.03. The molecule has 186 valence electrons. The van der Waals surface area contributed by atoms with Gasteiger partial charge < -0.3 is 59.8 Å². The van der Waals surface area contributed by atoms with Crippen molar-refractivity contribution in [1.29, 1.82) is 0 Å². The van der Waals surface area contributed by atoms with E-state index in [2.05, 4.69) is 0 Å². The van der Waals surface area contributed by atoms with Gasteiger partial charge in [0.05, 0.1) is 0 Å². The van der Waals surface area contributed by atoms with Gasteiger partial charge in [0.2, 0.25) is 23.2 Å². The number of aliphatic carboxylic acids is 1. The molecule has 1 saturated heterocycles. The van der Waals surface area contributed by atoms with E-state index in [1.165, 1.54) is 0 Å². The zero-order chi connectivity index (χ0) is 25.8. The molecule has 5 atom stereocenters. The number of hydrogen-bond acceptors (Lipinski definition) is 13. The highest BCUT2D eigenvalue weighted by Crippen LogP contribution is 2.44. The molecule has 2 aromatic carbocycles. The molecule has 3 aromatic rings. The van der Waals surface area contributed by atoms with Crippen LogP contribution < -0.4 is 10.2 Å². The SMILES string of the molecule is O=C(O)[C@H]1O[C@@H](Oc2c(O)cc(O)c3c(=O)c(O)c(-c4ccc(O)c(O)c4)oc23)[C@H](O)[C@H](O)[C@H]1O. The largest absolute Gasteiger partial charge is 0.507 e. The molecule has 14 nitrogen and oxygen atoms in total. The molecule has 4 rings (SSSR count). The third kappa shape index (κ3) is 3.89.